The highest BCUT2D eigenvalue weighted by molar-refractivity contribution is 5.69. The molecule has 118 valence electrons. The van der Waals surface area contributed by atoms with E-state index < -0.39 is 11.9 Å². The van der Waals surface area contributed by atoms with Gasteiger partial charge in [0.2, 0.25) is 0 Å². The van der Waals surface area contributed by atoms with Crippen LogP contribution in [0.4, 0.5) is 8.78 Å². The lowest BCUT2D eigenvalue weighted by Gasteiger charge is -2.17. The molecule has 2 unspecified atom stereocenters. The molecular formula is C15H22F2N2O2. The van der Waals surface area contributed by atoms with Crippen molar-refractivity contribution in [1.29, 1.82) is 0 Å². The van der Waals surface area contributed by atoms with Crippen LogP contribution in [0.5, 0.6) is 0 Å². The summed E-state index contributed by atoms with van der Waals surface area (Å²) in [5, 5.41) is 4.29. The van der Waals surface area contributed by atoms with Crippen LogP contribution >= 0.6 is 0 Å². The number of aromatic nitrogens is 2. The topological polar surface area (TPSA) is 44.1 Å². The molecule has 1 aliphatic rings. The van der Waals surface area contributed by atoms with Crippen LogP contribution in [0.3, 0.4) is 0 Å². The Morgan fingerprint density at radius 2 is 2.14 bits per heavy atom. The van der Waals surface area contributed by atoms with E-state index in [1.165, 1.54) is 0 Å². The molecule has 0 spiro atoms. The van der Waals surface area contributed by atoms with Crippen LogP contribution in [0.25, 0.3) is 0 Å². The van der Waals surface area contributed by atoms with Crippen LogP contribution in [0.2, 0.25) is 0 Å². The number of alkyl halides is 2. The fraction of sp³-hybridized carbons (Fsp3) is 0.733. The number of ether oxygens (including phenoxy) is 1. The lowest BCUT2D eigenvalue weighted by Crippen LogP contribution is -2.23. The number of hydrogen-bond acceptors (Lipinski definition) is 3. The van der Waals surface area contributed by atoms with Crippen molar-refractivity contribution < 1.29 is 18.3 Å². The summed E-state index contributed by atoms with van der Waals surface area (Å²) >= 11 is 0. The predicted molar refractivity (Wildman–Crippen MR) is 74.3 cm³/mol. The number of halogens is 2. The van der Waals surface area contributed by atoms with Crippen molar-refractivity contribution in [3.63, 3.8) is 0 Å². The third-order valence-electron chi connectivity index (χ3n) is 4.21. The molecule has 1 heterocycles. The van der Waals surface area contributed by atoms with Gasteiger partial charge < -0.3 is 4.74 Å². The van der Waals surface area contributed by atoms with E-state index >= 15 is 0 Å². The maximum Gasteiger partial charge on any atom is 0.327 e. The predicted octanol–water partition coefficient (Wildman–Crippen LogP) is 3.24. The second-order valence-corrected chi connectivity index (χ2v) is 5.72. The van der Waals surface area contributed by atoms with E-state index in [0.29, 0.717) is 23.6 Å². The first-order valence-electron chi connectivity index (χ1n) is 7.43. The summed E-state index contributed by atoms with van der Waals surface area (Å²) in [6.45, 7) is 6.58. The summed E-state index contributed by atoms with van der Waals surface area (Å²) < 4.78 is 33.9. The molecule has 0 N–H and O–H groups in total. The van der Waals surface area contributed by atoms with E-state index in [1.54, 1.807) is 6.92 Å². The van der Waals surface area contributed by atoms with Crippen LogP contribution in [0.15, 0.2) is 0 Å². The average Bonchev–Trinajstić information content (AvgIpc) is 2.85. The van der Waals surface area contributed by atoms with Crippen molar-refractivity contribution in [1.82, 2.24) is 9.78 Å². The van der Waals surface area contributed by atoms with Gasteiger partial charge in [-0.3, -0.25) is 9.48 Å². The summed E-state index contributed by atoms with van der Waals surface area (Å²) in [6.07, 6.45) is 1.54. The van der Waals surface area contributed by atoms with Crippen molar-refractivity contribution in [2.75, 3.05) is 6.61 Å². The number of nitrogens with zero attached hydrogens (tertiary/aromatic N) is 2. The van der Waals surface area contributed by atoms with Crippen LogP contribution in [-0.4, -0.2) is 22.4 Å². The summed E-state index contributed by atoms with van der Waals surface area (Å²) in [4.78, 5) is 11.6. The van der Waals surface area contributed by atoms with Crippen molar-refractivity contribution in [2.24, 2.45) is 5.92 Å². The van der Waals surface area contributed by atoms with Gasteiger partial charge in [-0.25, -0.2) is 0 Å². The SMILES string of the molecule is CCOC(=O)Cn1nc2c(c1C(C)(F)F)CC(CC)C2C. The maximum absolute atomic E-state index is 14.0. The first kappa shape index (κ1) is 15.9. The maximum atomic E-state index is 14.0. The number of fused-ring (bicyclic) bond motifs is 1. The minimum Gasteiger partial charge on any atom is -0.465 e. The number of carbonyl (C=O) groups is 1. The molecule has 2 rings (SSSR count). The van der Waals surface area contributed by atoms with Crippen molar-refractivity contribution >= 4 is 5.97 Å². The third kappa shape index (κ3) is 2.94. The van der Waals surface area contributed by atoms with E-state index in [9.17, 15) is 13.6 Å². The van der Waals surface area contributed by atoms with Crippen LogP contribution in [-0.2, 0) is 28.4 Å². The minimum absolute atomic E-state index is 0.131. The van der Waals surface area contributed by atoms with Crippen molar-refractivity contribution in [2.45, 2.75) is 58.9 Å². The summed E-state index contributed by atoms with van der Waals surface area (Å²) in [5.41, 5.74) is 1.20. The molecule has 0 radical (unpaired) electrons. The van der Waals surface area contributed by atoms with Gasteiger partial charge in [-0.05, 0) is 19.3 Å². The Morgan fingerprint density at radius 3 is 2.67 bits per heavy atom. The van der Waals surface area contributed by atoms with Gasteiger partial charge in [-0.15, -0.1) is 0 Å². The fourth-order valence-electron chi connectivity index (χ4n) is 3.18. The molecular weight excluding hydrogens is 278 g/mol. The summed E-state index contributed by atoms with van der Waals surface area (Å²) in [5.74, 6) is -3.06. The first-order valence-corrected chi connectivity index (χ1v) is 7.43. The van der Waals surface area contributed by atoms with E-state index in [2.05, 4.69) is 12.0 Å². The second-order valence-electron chi connectivity index (χ2n) is 5.72. The Bertz CT molecular complexity index is 535. The van der Waals surface area contributed by atoms with Gasteiger partial charge in [0, 0.05) is 18.4 Å². The van der Waals surface area contributed by atoms with Crippen LogP contribution in [0.1, 0.15) is 57.0 Å². The number of rotatable bonds is 5. The zero-order valence-electron chi connectivity index (χ0n) is 12.9. The largest absolute Gasteiger partial charge is 0.465 e. The van der Waals surface area contributed by atoms with Gasteiger partial charge in [0.15, 0.2) is 0 Å². The Morgan fingerprint density at radius 1 is 1.48 bits per heavy atom. The van der Waals surface area contributed by atoms with Crippen molar-refractivity contribution in [3.05, 3.63) is 17.0 Å². The Kier molecular flexibility index (Phi) is 4.35. The van der Waals surface area contributed by atoms with E-state index in [1.807, 2.05) is 6.92 Å². The standard InChI is InChI=1S/C15H22F2N2O2/c1-5-10-7-11-13(9(10)3)18-19(8-12(20)21-6-2)14(11)15(4,16)17/h9-10H,5-8H2,1-4H3. The lowest BCUT2D eigenvalue weighted by atomic mass is 9.94. The fourth-order valence-corrected chi connectivity index (χ4v) is 3.18. The number of carbonyl (C=O) groups excluding carboxylic acids is 1. The van der Waals surface area contributed by atoms with Crippen molar-refractivity contribution in [3.8, 4) is 0 Å². The van der Waals surface area contributed by atoms with Gasteiger partial charge in [0.05, 0.1) is 12.3 Å². The molecule has 21 heavy (non-hydrogen) atoms. The molecule has 0 saturated carbocycles. The molecule has 2 atom stereocenters. The Labute approximate surface area is 123 Å². The van der Waals surface area contributed by atoms with Gasteiger partial charge in [0.1, 0.15) is 12.2 Å². The number of esters is 1. The summed E-state index contributed by atoms with van der Waals surface area (Å²) in [7, 11) is 0. The highest BCUT2D eigenvalue weighted by Crippen LogP contribution is 2.44. The Hall–Kier alpha value is -1.46. The molecule has 0 saturated heterocycles. The van der Waals surface area contributed by atoms with E-state index in [4.69, 9.17) is 4.74 Å². The first-order chi connectivity index (χ1) is 9.79. The van der Waals surface area contributed by atoms with Crippen LogP contribution < -0.4 is 0 Å². The van der Waals surface area contributed by atoms with Gasteiger partial charge in [-0.1, -0.05) is 20.3 Å². The average molecular weight is 300 g/mol. The molecule has 0 amide bonds. The quantitative estimate of drug-likeness (QED) is 0.784. The molecule has 0 aromatic carbocycles. The normalized spacial score (nSPS) is 21.4. The molecule has 1 aromatic rings. The zero-order chi connectivity index (χ0) is 15.8. The monoisotopic (exact) mass is 300 g/mol. The van der Waals surface area contributed by atoms with Gasteiger partial charge >= 0.3 is 5.97 Å². The number of hydrogen-bond donors (Lipinski definition) is 0. The second kappa shape index (κ2) is 5.73. The molecule has 0 fully saturated rings. The molecule has 1 aliphatic carbocycles. The molecule has 6 heteroatoms. The van der Waals surface area contributed by atoms with E-state index in [0.717, 1.165) is 18.0 Å². The van der Waals surface area contributed by atoms with E-state index in [-0.39, 0.29) is 24.8 Å². The third-order valence-corrected chi connectivity index (χ3v) is 4.21. The molecule has 4 nitrogen and oxygen atoms in total. The highest BCUT2D eigenvalue weighted by Gasteiger charge is 2.41. The smallest absolute Gasteiger partial charge is 0.327 e. The van der Waals surface area contributed by atoms with Crippen LogP contribution in [0, 0.1) is 5.92 Å². The zero-order valence-corrected chi connectivity index (χ0v) is 12.9. The lowest BCUT2D eigenvalue weighted by molar-refractivity contribution is -0.144. The molecule has 1 aromatic heterocycles. The Balaban J connectivity index is 2.40. The highest BCUT2D eigenvalue weighted by atomic mass is 19.3. The minimum atomic E-state index is -3.02. The van der Waals surface area contributed by atoms with Gasteiger partial charge in [0.25, 0.3) is 5.92 Å². The van der Waals surface area contributed by atoms with Gasteiger partial charge in [-0.2, -0.15) is 13.9 Å². The summed E-state index contributed by atoms with van der Waals surface area (Å²) in [6, 6.07) is 0. The molecule has 0 aliphatic heterocycles. The molecule has 0 bridgehead atoms.